The van der Waals surface area contributed by atoms with E-state index in [0.717, 1.165) is 11.1 Å². The Labute approximate surface area is 149 Å². The Hall–Kier alpha value is -2.34. The van der Waals surface area contributed by atoms with Crippen molar-refractivity contribution in [3.05, 3.63) is 53.1 Å². The minimum atomic E-state index is -3.82. The number of aliphatic imine (C=N–C) groups is 1. The topological polar surface area (TPSA) is 75.9 Å². The van der Waals surface area contributed by atoms with Crippen LogP contribution in [0, 0.1) is 12.8 Å². The highest BCUT2D eigenvalue weighted by Crippen LogP contribution is 2.20. The fraction of sp³-hybridized carbons (Fsp3) is 0.316. The van der Waals surface area contributed by atoms with Crippen LogP contribution in [0.3, 0.4) is 0 Å². The van der Waals surface area contributed by atoms with E-state index in [4.69, 9.17) is 0 Å². The van der Waals surface area contributed by atoms with E-state index >= 15 is 0 Å². The molecular formula is C19H22N2O3S. The molecule has 5 nitrogen and oxygen atoms in total. The number of nitrogens with zero attached hydrogens (tertiary/aromatic N) is 2. The van der Waals surface area contributed by atoms with Gasteiger partial charge in [0.05, 0.1) is 10.6 Å². The Morgan fingerprint density at radius 2 is 1.64 bits per heavy atom. The normalized spacial score (nSPS) is 17.8. The number of hydrogen-bond acceptors (Lipinski definition) is 3. The van der Waals surface area contributed by atoms with Crippen molar-refractivity contribution in [2.75, 3.05) is 0 Å². The minimum absolute atomic E-state index is 0.0514. The molecule has 1 aromatic carbocycles. The Balaban J connectivity index is 2.42. The van der Waals surface area contributed by atoms with Crippen molar-refractivity contribution >= 4 is 27.4 Å². The van der Waals surface area contributed by atoms with Crippen LogP contribution in [-0.4, -0.2) is 25.7 Å². The van der Waals surface area contributed by atoms with Crippen LogP contribution in [0.4, 0.5) is 0 Å². The van der Waals surface area contributed by atoms with Gasteiger partial charge in [0.2, 0.25) is 0 Å². The molecule has 0 N–H and O–H groups in total. The molecule has 0 radical (unpaired) electrons. The average Bonchev–Trinajstić information content (AvgIpc) is 2.50. The summed E-state index contributed by atoms with van der Waals surface area (Å²) < 4.78 is 28.6. The highest BCUT2D eigenvalue weighted by molar-refractivity contribution is 7.90. The predicted molar refractivity (Wildman–Crippen MR) is 101 cm³/mol. The second-order valence-corrected chi connectivity index (χ2v) is 7.97. The Morgan fingerprint density at radius 1 is 1.04 bits per heavy atom. The molecule has 132 valence electrons. The lowest BCUT2D eigenvalue weighted by atomic mass is 9.90. The first kappa shape index (κ1) is 19.0. The molecule has 0 saturated carbocycles. The molecule has 0 spiro atoms. The number of benzene rings is 1. The van der Waals surface area contributed by atoms with Gasteiger partial charge >= 0.3 is 0 Å². The molecule has 1 aromatic rings. The number of allylic oxidation sites excluding steroid dienone is 4. The zero-order valence-electron chi connectivity index (χ0n) is 15.1. The van der Waals surface area contributed by atoms with Crippen LogP contribution in [0.15, 0.2) is 61.8 Å². The lowest BCUT2D eigenvalue weighted by Gasteiger charge is -2.16. The van der Waals surface area contributed by atoms with Gasteiger partial charge in [-0.1, -0.05) is 31.5 Å². The Morgan fingerprint density at radius 3 is 2.20 bits per heavy atom. The number of amidine groups is 1. The van der Waals surface area contributed by atoms with E-state index in [0.29, 0.717) is 11.3 Å². The maximum Gasteiger partial charge on any atom is 0.283 e. The van der Waals surface area contributed by atoms with Gasteiger partial charge in [-0.2, -0.15) is 8.42 Å². The second kappa shape index (κ2) is 7.27. The number of rotatable bonds is 3. The van der Waals surface area contributed by atoms with Gasteiger partial charge in [-0.3, -0.25) is 4.79 Å². The molecule has 1 aliphatic carbocycles. The van der Waals surface area contributed by atoms with Crippen LogP contribution in [0.5, 0.6) is 0 Å². The summed E-state index contributed by atoms with van der Waals surface area (Å²) in [5.41, 5.74) is 2.89. The molecule has 0 unspecified atom stereocenters. The maximum absolute atomic E-state index is 12.4. The molecule has 0 amide bonds. The van der Waals surface area contributed by atoms with E-state index in [9.17, 15) is 13.2 Å². The first-order valence-electron chi connectivity index (χ1n) is 8.01. The monoisotopic (exact) mass is 358 g/mol. The van der Waals surface area contributed by atoms with Crippen LogP contribution in [0.2, 0.25) is 0 Å². The molecule has 2 rings (SSSR count). The Kier molecular flexibility index (Phi) is 5.52. The van der Waals surface area contributed by atoms with Gasteiger partial charge in [-0.25, -0.2) is 4.99 Å². The third-order valence-corrected chi connectivity index (χ3v) is 5.17. The standard InChI is InChI=1S/C19H22N2O3S/c1-12(2)17-11-19(22)14(4)10-18(17)20-15(5)21-25(23,24)16-8-6-13(3)7-9-16/h6-12H,1-5H3/b20-18?,21-15+. The molecule has 1 aliphatic rings. The Bertz CT molecular complexity index is 916. The van der Waals surface area contributed by atoms with Crippen molar-refractivity contribution < 1.29 is 13.2 Å². The van der Waals surface area contributed by atoms with Crippen molar-refractivity contribution in [3.8, 4) is 0 Å². The summed E-state index contributed by atoms with van der Waals surface area (Å²) in [6, 6.07) is 6.50. The molecule has 0 heterocycles. The third-order valence-electron chi connectivity index (χ3n) is 3.80. The van der Waals surface area contributed by atoms with E-state index in [1.54, 1.807) is 31.2 Å². The first-order chi connectivity index (χ1) is 11.6. The van der Waals surface area contributed by atoms with E-state index in [2.05, 4.69) is 9.39 Å². The predicted octanol–water partition coefficient (Wildman–Crippen LogP) is 3.65. The molecule has 0 aliphatic heterocycles. The van der Waals surface area contributed by atoms with Crippen molar-refractivity contribution in [1.29, 1.82) is 0 Å². The molecule has 0 saturated heterocycles. The number of aryl methyl sites for hydroxylation is 1. The summed E-state index contributed by atoms with van der Waals surface area (Å²) in [5, 5.41) is 0. The number of carbonyl (C=O) groups excluding carboxylic acids is 1. The molecule has 0 bridgehead atoms. The largest absolute Gasteiger partial charge is 0.290 e. The molecule has 0 fully saturated rings. The fourth-order valence-corrected chi connectivity index (χ4v) is 3.35. The van der Waals surface area contributed by atoms with Crippen LogP contribution >= 0.6 is 0 Å². The highest BCUT2D eigenvalue weighted by Gasteiger charge is 2.19. The SMILES string of the molecule is CC1=CC(=N/C(C)=N/S(=O)(=O)c2ccc(C)cc2)C(C(C)C)=CC1=O. The third kappa shape index (κ3) is 4.60. The molecule has 0 aromatic heterocycles. The summed E-state index contributed by atoms with van der Waals surface area (Å²) >= 11 is 0. The number of hydrogen-bond donors (Lipinski definition) is 0. The van der Waals surface area contributed by atoms with E-state index in [1.807, 2.05) is 20.8 Å². The fourth-order valence-electron chi connectivity index (χ4n) is 2.38. The van der Waals surface area contributed by atoms with Crippen LogP contribution in [-0.2, 0) is 14.8 Å². The van der Waals surface area contributed by atoms with Crippen LogP contribution in [0.1, 0.15) is 33.3 Å². The summed E-state index contributed by atoms with van der Waals surface area (Å²) in [4.78, 5) is 16.3. The van der Waals surface area contributed by atoms with Gasteiger partial charge in [-0.05, 0) is 62.1 Å². The quantitative estimate of drug-likeness (QED) is 0.470. The lowest BCUT2D eigenvalue weighted by Crippen LogP contribution is -2.17. The summed E-state index contributed by atoms with van der Waals surface area (Å²) in [5.74, 6) is 0.165. The van der Waals surface area contributed by atoms with E-state index in [1.165, 1.54) is 19.1 Å². The van der Waals surface area contributed by atoms with Gasteiger partial charge in [-0.15, -0.1) is 4.40 Å². The number of ketones is 1. The van der Waals surface area contributed by atoms with Crippen molar-refractivity contribution in [2.24, 2.45) is 15.3 Å². The van der Waals surface area contributed by atoms with Crippen molar-refractivity contribution in [3.63, 3.8) is 0 Å². The molecule has 0 atom stereocenters. The first-order valence-corrected chi connectivity index (χ1v) is 9.45. The van der Waals surface area contributed by atoms with E-state index < -0.39 is 10.0 Å². The van der Waals surface area contributed by atoms with Gasteiger partial charge in [0, 0.05) is 0 Å². The summed E-state index contributed by atoms with van der Waals surface area (Å²) in [6.07, 6.45) is 3.23. The van der Waals surface area contributed by atoms with Crippen LogP contribution < -0.4 is 0 Å². The van der Waals surface area contributed by atoms with Gasteiger partial charge < -0.3 is 0 Å². The zero-order chi connectivity index (χ0) is 18.8. The zero-order valence-corrected chi connectivity index (χ0v) is 15.9. The maximum atomic E-state index is 12.4. The van der Waals surface area contributed by atoms with Crippen LogP contribution in [0.25, 0.3) is 0 Å². The number of carbonyl (C=O) groups is 1. The van der Waals surface area contributed by atoms with Crippen molar-refractivity contribution in [2.45, 2.75) is 39.5 Å². The minimum Gasteiger partial charge on any atom is -0.290 e. The summed E-state index contributed by atoms with van der Waals surface area (Å²) in [7, 11) is -3.82. The average molecular weight is 358 g/mol. The molecule has 25 heavy (non-hydrogen) atoms. The van der Waals surface area contributed by atoms with Gasteiger partial charge in [0.25, 0.3) is 10.0 Å². The lowest BCUT2D eigenvalue weighted by molar-refractivity contribution is -0.111. The van der Waals surface area contributed by atoms with Crippen molar-refractivity contribution in [1.82, 2.24) is 0 Å². The van der Waals surface area contributed by atoms with E-state index in [-0.39, 0.29) is 22.4 Å². The molecule has 6 heteroatoms. The number of sulfonamides is 1. The second-order valence-electron chi connectivity index (χ2n) is 6.37. The van der Waals surface area contributed by atoms with Gasteiger partial charge in [0.1, 0.15) is 5.84 Å². The molecular weight excluding hydrogens is 336 g/mol. The highest BCUT2D eigenvalue weighted by atomic mass is 32.2. The summed E-state index contributed by atoms with van der Waals surface area (Å²) in [6.45, 7) is 9.05. The van der Waals surface area contributed by atoms with Gasteiger partial charge in [0.15, 0.2) is 5.78 Å². The smallest absolute Gasteiger partial charge is 0.283 e.